The summed E-state index contributed by atoms with van der Waals surface area (Å²) >= 11 is 6.15. The molecule has 1 aromatic carbocycles. The zero-order chi connectivity index (χ0) is 23.4. The Morgan fingerprint density at radius 3 is 2.42 bits per heavy atom. The van der Waals surface area contributed by atoms with E-state index in [1.807, 2.05) is 0 Å². The molecule has 0 saturated carbocycles. The Balaban J connectivity index is 1.53. The number of carbonyl (C=O) groups excluding carboxylic acids is 2. The van der Waals surface area contributed by atoms with Crippen molar-refractivity contribution in [3.8, 4) is 0 Å². The lowest BCUT2D eigenvalue weighted by molar-refractivity contribution is 0.0531. The van der Waals surface area contributed by atoms with Crippen LogP contribution in [-0.2, 0) is 11.3 Å². The third-order valence-electron chi connectivity index (χ3n) is 5.59. The average Bonchev–Trinajstić information content (AvgIpc) is 2.85. The number of amides is 2. The average molecular weight is 470 g/mol. The van der Waals surface area contributed by atoms with E-state index in [4.69, 9.17) is 16.3 Å². The Morgan fingerprint density at radius 2 is 1.73 bits per heavy atom. The summed E-state index contributed by atoms with van der Waals surface area (Å²) in [4.78, 5) is 51.0. The van der Waals surface area contributed by atoms with Gasteiger partial charge in [-0.1, -0.05) is 23.7 Å². The largest absolute Gasteiger partial charge is 0.385 e. The summed E-state index contributed by atoms with van der Waals surface area (Å²) in [7, 11) is 1.59. The molecule has 0 radical (unpaired) electrons. The van der Waals surface area contributed by atoms with Gasteiger partial charge in [0, 0.05) is 52.6 Å². The molecular formula is C23H24ClN5O4. The van der Waals surface area contributed by atoms with Crippen molar-refractivity contribution in [1.82, 2.24) is 24.3 Å². The van der Waals surface area contributed by atoms with Gasteiger partial charge in [0.25, 0.3) is 17.4 Å². The van der Waals surface area contributed by atoms with Crippen molar-refractivity contribution in [2.24, 2.45) is 0 Å². The molecule has 0 unspecified atom stereocenters. The second-order valence-electron chi connectivity index (χ2n) is 7.67. The highest BCUT2D eigenvalue weighted by molar-refractivity contribution is 6.33. The first-order valence-corrected chi connectivity index (χ1v) is 11.1. The number of aryl methyl sites for hydroxylation is 1. The fourth-order valence-corrected chi connectivity index (χ4v) is 4.07. The Kier molecular flexibility index (Phi) is 7.00. The van der Waals surface area contributed by atoms with Gasteiger partial charge < -0.3 is 14.5 Å². The molecule has 1 saturated heterocycles. The fourth-order valence-electron chi connectivity index (χ4n) is 3.86. The number of hydrogen-bond donors (Lipinski definition) is 0. The summed E-state index contributed by atoms with van der Waals surface area (Å²) in [5, 5.41) is 0.393. The summed E-state index contributed by atoms with van der Waals surface area (Å²) < 4.78 is 6.57. The van der Waals surface area contributed by atoms with Crippen LogP contribution in [0.3, 0.4) is 0 Å². The molecule has 0 N–H and O–H groups in total. The maximum absolute atomic E-state index is 13.2. The topological polar surface area (TPSA) is 97.6 Å². The van der Waals surface area contributed by atoms with Gasteiger partial charge in [-0.2, -0.15) is 0 Å². The van der Waals surface area contributed by atoms with Gasteiger partial charge in [-0.3, -0.25) is 19.0 Å². The number of rotatable bonds is 6. The van der Waals surface area contributed by atoms with Gasteiger partial charge in [0.15, 0.2) is 11.3 Å². The number of carbonyl (C=O) groups is 2. The van der Waals surface area contributed by atoms with Gasteiger partial charge in [0.2, 0.25) is 0 Å². The van der Waals surface area contributed by atoms with Crippen LogP contribution in [-0.4, -0.2) is 76.0 Å². The van der Waals surface area contributed by atoms with Crippen molar-refractivity contribution >= 4 is 34.6 Å². The predicted octanol–water partition coefficient (Wildman–Crippen LogP) is 2.08. The number of nitrogens with zero attached hydrogens (tertiary/aromatic N) is 5. The minimum atomic E-state index is -0.475. The van der Waals surface area contributed by atoms with E-state index in [0.29, 0.717) is 67.5 Å². The summed E-state index contributed by atoms with van der Waals surface area (Å²) in [6.45, 7) is 2.12. The van der Waals surface area contributed by atoms with Crippen LogP contribution in [0.4, 0.5) is 0 Å². The van der Waals surface area contributed by atoms with E-state index in [2.05, 4.69) is 9.97 Å². The molecule has 3 heterocycles. The van der Waals surface area contributed by atoms with Crippen molar-refractivity contribution in [2.75, 3.05) is 39.9 Å². The second kappa shape index (κ2) is 10.1. The van der Waals surface area contributed by atoms with Crippen molar-refractivity contribution in [3.05, 3.63) is 69.2 Å². The van der Waals surface area contributed by atoms with Crippen molar-refractivity contribution in [1.29, 1.82) is 0 Å². The van der Waals surface area contributed by atoms with Crippen LogP contribution in [0.1, 0.15) is 27.3 Å². The monoisotopic (exact) mass is 469 g/mol. The van der Waals surface area contributed by atoms with Crippen LogP contribution in [0.5, 0.6) is 0 Å². The second-order valence-corrected chi connectivity index (χ2v) is 8.08. The first kappa shape index (κ1) is 22.9. The highest BCUT2D eigenvalue weighted by atomic mass is 35.5. The molecule has 1 fully saturated rings. The van der Waals surface area contributed by atoms with E-state index >= 15 is 0 Å². The molecule has 0 aliphatic carbocycles. The maximum Gasteiger partial charge on any atom is 0.283 e. The molecule has 33 heavy (non-hydrogen) atoms. The van der Waals surface area contributed by atoms with E-state index in [1.54, 1.807) is 59.5 Å². The maximum atomic E-state index is 13.2. The van der Waals surface area contributed by atoms with Crippen molar-refractivity contribution in [3.63, 3.8) is 0 Å². The van der Waals surface area contributed by atoms with E-state index in [-0.39, 0.29) is 11.6 Å². The molecule has 172 valence electrons. The fraction of sp³-hybridized carbons (Fsp3) is 0.348. The number of ether oxygens (including phenoxy) is 1. The number of fused-ring (bicyclic) bond motifs is 1. The molecule has 2 amide bonds. The van der Waals surface area contributed by atoms with Gasteiger partial charge in [-0.15, -0.1) is 0 Å². The number of piperazine rings is 1. The van der Waals surface area contributed by atoms with Crippen LogP contribution >= 0.6 is 11.6 Å². The highest BCUT2D eigenvalue weighted by Crippen LogP contribution is 2.18. The molecule has 0 bridgehead atoms. The Hall–Kier alpha value is -3.30. The SMILES string of the molecule is COCCCn1c(=O)c(C(=O)N2CCN(C(=O)c3ccccc3Cl)CC2)nc2cccnc21. The van der Waals surface area contributed by atoms with Crippen LogP contribution in [0.2, 0.25) is 5.02 Å². The first-order valence-electron chi connectivity index (χ1n) is 10.7. The van der Waals surface area contributed by atoms with Crippen LogP contribution in [0.25, 0.3) is 11.2 Å². The normalized spacial score (nSPS) is 14.0. The lowest BCUT2D eigenvalue weighted by atomic mass is 10.1. The summed E-state index contributed by atoms with van der Waals surface area (Å²) in [5.41, 5.74) is 0.730. The predicted molar refractivity (Wildman–Crippen MR) is 124 cm³/mol. The molecule has 1 aliphatic rings. The zero-order valence-corrected chi connectivity index (χ0v) is 19.0. The number of halogens is 1. The molecule has 4 rings (SSSR count). The Bertz CT molecular complexity index is 1240. The smallest absolute Gasteiger partial charge is 0.283 e. The molecule has 2 aromatic heterocycles. The third-order valence-corrected chi connectivity index (χ3v) is 5.92. The number of methoxy groups -OCH3 is 1. The van der Waals surface area contributed by atoms with Crippen molar-refractivity contribution < 1.29 is 14.3 Å². The van der Waals surface area contributed by atoms with Crippen LogP contribution in [0.15, 0.2) is 47.4 Å². The molecule has 1 aliphatic heterocycles. The Labute approximate surface area is 195 Å². The molecule has 9 nitrogen and oxygen atoms in total. The lowest BCUT2D eigenvalue weighted by Gasteiger charge is -2.34. The first-order chi connectivity index (χ1) is 16.0. The quantitative estimate of drug-likeness (QED) is 0.513. The van der Waals surface area contributed by atoms with Crippen LogP contribution in [0, 0.1) is 0 Å². The molecule has 0 spiro atoms. The molecule has 10 heteroatoms. The summed E-state index contributed by atoms with van der Waals surface area (Å²) in [6, 6.07) is 10.3. The molecule has 0 atom stereocenters. The molecular weight excluding hydrogens is 446 g/mol. The van der Waals surface area contributed by atoms with Gasteiger partial charge in [0.1, 0.15) is 5.52 Å². The van der Waals surface area contributed by atoms with E-state index < -0.39 is 11.5 Å². The van der Waals surface area contributed by atoms with E-state index in [9.17, 15) is 14.4 Å². The Morgan fingerprint density at radius 1 is 1.03 bits per heavy atom. The molecule has 3 aromatic rings. The van der Waals surface area contributed by atoms with Gasteiger partial charge in [-0.05, 0) is 30.7 Å². The van der Waals surface area contributed by atoms with Gasteiger partial charge in [0.05, 0.1) is 10.6 Å². The standard InChI is InChI=1S/C23H24ClN5O4/c1-33-15-5-10-29-20-18(8-4-9-25-20)26-19(23(29)32)22(31)28-13-11-27(12-14-28)21(30)16-6-2-3-7-17(16)24/h2-4,6-9H,5,10-15H2,1H3. The minimum absolute atomic E-state index is 0.140. The summed E-state index contributed by atoms with van der Waals surface area (Å²) in [6.07, 6.45) is 2.19. The van der Waals surface area contributed by atoms with Gasteiger partial charge in [-0.25, -0.2) is 9.97 Å². The van der Waals surface area contributed by atoms with Gasteiger partial charge >= 0.3 is 0 Å². The van der Waals surface area contributed by atoms with E-state index in [1.165, 1.54) is 4.57 Å². The zero-order valence-electron chi connectivity index (χ0n) is 18.2. The highest BCUT2D eigenvalue weighted by Gasteiger charge is 2.29. The lowest BCUT2D eigenvalue weighted by Crippen LogP contribution is -2.51. The number of pyridine rings is 1. The van der Waals surface area contributed by atoms with Crippen molar-refractivity contribution in [2.45, 2.75) is 13.0 Å². The number of aromatic nitrogens is 3. The minimum Gasteiger partial charge on any atom is -0.385 e. The number of benzene rings is 1. The third kappa shape index (κ3) is 4.74. The summed E-state index contributed by atoms with van der Waals surface area (Å²) in [5.74, 6) is -0.626. The van der Waals surface area contributed by atoms with Crippen LogP contribution < -0.4 is 5.56 Å². The number of hydrogen-bond acceptors (Lipinski definition) is 6. The van der Waals surface area contributed by atoms with E-state index in [0.717, 1.165) is 0 Å².